The molecular formula is C12H17NOS2. The molecule has 0 spiro atoms. The van der Waals surface area contributed by atoms with Gasteiger partial charge in [0, 0.05) is 16.8 Å². The van der Waals surface area contributed by atoms with Gasteiger partial charge in [-0.15, -0.1) is 24.0 Å². The van der Waals surface area contributed by atoms with Gasteiger partial charge in [0.25, 0.3) is 5.91 Å². The molecule has 2 nitrogen and oxygen atoms in total. The number of amides is 1. The van der Waals surface area contributed by atoms with Crippen LogP contribution in [0.4, 0.5) is 0 Å². The molecule has 1 amide bonds. The van der Waals surface area contributed by atoms with Crippen molar-refractivity contribution in [2.75, 3.05) is 6.54 Å². The molecule has 1 aliphatic carbocycles. The van der Waals surface area contributed by atoms with Crippen molar-refractivity contribution in [1.82, 2.24) is 5.32 Å². The van der Waals surface area contributed by atoms with E-state index in [0.29, 0.717) is 5.41 Å². The van der Waals surface area contributed by atoms with E-state index >= 15 is 0 Å². The molecule has 0 radical (unpaired) electrons. The van der Waals surface area contributed by atoms with Crippen molar-refractivity contribution >= 4 is 29.9 Å². The molecule has 16 heavy (non-hydrogen) atoms. The fourth-order valence-corrected chi connectivity index (χ4v) is 3.30. The maximum atomic E-state index is 11.8. The summed E-state index contributed by atoms with van der Waals surface area (Å²) in [5.74, 6) is 0.0402. The molecule has 1 aromatic heterocycles. The highest BCUT2D eigenvalue weighted by Crippen LogP contribution is 2.36. The minimum atomic E-state index is 0.0402. The highest BCUT2D eigenvalue weighted by Gasteiger charge is 2.29. The van der Waals surface area contributed by atoms with Gasteiger partial charge >= 0.3 is 0 Å². The summed E-state index contributed by atoms with van der Waals surface area (Å²) in [5, 5.41) is 4.92. The lowest BCUT2D eigenvalue weighted by atomic mass is 9.89. The fraction of sp³-hybridized carbons (Fsp3) is 0.583. The van der Waals surface area contributed by atoms with Crippen LogP contribution in [0, 0.1) is 5.41 Å². The first-order valence-corrected chi connectivity index (χ1v) is 6.97. The first-order chi connectivity index (χ1) is 7.59. The molecule has 0 atom stereocenters. The van der Waals surface area contributed by atoms with Crippen LogP contribution in [0.15, 0.2) is 16.3 Å². The molecule has 0 unspecified atom stereocenters. The molecule has 1 aliphatic rings. The van der Waals surface area contributed by atoms with E-state index in [1.807, 2.05) is 11.4 Å². The van der Waals surface area contributed by atoms with E-state index in [2.05, 4.69) is 24.9 Å². The van der Waals surface area contributed by atoms with Gasteiger partial charge in [0.15, 0.2) is 0 Å². The standard InChI is InChI=1S/C12H17NOS2/c1-12(4-2-3-5-12)8-13-11(14)10-6-9(15)7-16-10/h6-7,15H,2-5,8H2,1H3,(H,13,14). The van der Waals surface area contributed by atoms with Crippen molar-refractivity contribution in [3.05, 3.63) is 16.3 Å². The summed E-state index contributed by atoms with van der Waals surface area (Å²) in [4.78, 5) is 13.4. The van der Waals surface area contributed by atoms with E-state index in [1.165, 1.54) is 37.0 Å². The molecule has 1 aromatic rings. The lowest BCUT2D eigenvalue weighted by molar-refractivity contribution is 0.0938. The number of thiol groups is 1. The minimum Gasteiger partial charge on any atom is -0.351 e. The number of hydrogen-bond acceptors (Lipinski definition) is 3. The molecule has 0 bridgehead atoms. The summed E-state index contributed by atoms with van der Waals surface area (Å²) in [7, 11) is 0. The lowest BCUT2D eigenvalue weighted by Crippen LogP contribution is -2.33. The van der Waals surface area contributed by atoms with Crippen LogP contribution < -0.4 is 5.32 Å². The molecule has 1 heterocycles. The average molecular weight is 255 g/mol. The Hall–Kier alpha value is -0.480. The third-order valence-corrected chi connectivity index (χ3v) is 4.66. The zero-order valence-corrected chi connectivity index (χ0v) is 11.2. The Morgan fingerprint density at radius 3 is 2.81 bits per heavy atom. The number of carbonyl (C=O) groups is 1. The smallest absolute Gasteiger partial charge is 0.261 e. The maximum Gasteiger partial charge on any atom is 0.261 e. The molecule has 0 aliphatic heterocycles. The van der Waals surface area contributed by atoms with Gasteiger partial charge < -0.3 is 5.32 Å². The Balaban J connectivity index is 1.88. The van der Waals surface area contributed by atoms with Crippen LogP contribution in [0.3, 0.4) is 0 Å². The van der Waals surface area contributed by atoms with Gasteiger partial charge in [0.1, 0.15) is 0 Å². The van der Waals surface area contributed by atoms with Crippen molar-refractivity contribution in [3.63, 3.8) is 0 Å². The first-order valence-electron chi connectivity index (χ1n) is 5.65. The fourth-order valence-electron chi connectivity index (χ4n) is 2.23. The van der Waals surface area contributed by atoms with E-state index in [0.717, 1.165) is 16.3 Å². The first kappa shape index (κ1) is 12.0. The average Bonchev–Trinajstić information content (AvgIpc) is 2.85. The van der Waals surface area contributed by atoms with Crippen molar-refractivity contribution in [2.24, 2.45) is 5.41 Å². The second-order valence-corrected chi connectivity index (χ2v) is 6.30. The molecule has 88 valence electrons. The number of hydrogen-bond donors (Lipinski definition) is 2. The summed E-state index contributed by atoms with van der Waals surface area (Å²) in [5.41, 5.74) is 0.316. The maximum absolute atomic E-state index is 11.8. The number of rotatable bonds is 3. The van der Waals surface area contributed by atoms with Crippen LogP contribution in [0.1, 0.15) is 42.3 Å². The van der Waals surface area contributed by atoms with Crippen molar-refractivity contribution in [3.8, 4) is 0 Å². The normalized spacial score (nSPS) is 18.6. The van der Waals surface area contributed by atoms with Gasteiger partial charge in [-0.2, -0.15) is 0 Å². The Kier molecular flexibility index (Phi) is 3.60. The third-order valence-electron chi connectivity index (χ3n) is 3.30. The van der Waals surface area contributed by atoms with Gasteiger partial charge in [-0.1, -0.05) is 19.8 Å². The molecule has 2 rings (SSSR count). The second kappa shape index (κ2) is 4.80. The van der Waals surface area contributed by atoms with Crippen molar-refractivity contribution in [2.45, 2.75) is 37.5 Å². The van der Waals surface area contributed by atoms with Gasteiger partial charge in [-0.05, 0) is 24.3 Å². The van der Waals surface area contributed by atoms with Crippen LogP contribution in [-0.4, -0.2) is 12.5 Å². The van der Waals surface area contributed by atoms with Crippen molar-refractivity contribution in [1.29, 1.82) is 0 Å². The zero-order valence-electron chi connectivity index (χ0n) is 9.45. The van der Waals surface area contributed by atoms with Crippen molar-refractivity contribution < 1.29 is 4.79 Å². The van der Waals surface area contributed by atoms with E-state index in [-0.39, 0.29) is 5.91 Å². The third kappa shape index (κ3) is 2.80. The SMILES string of the molecule is CC1(CNC(=O)c2cc(S)cs2)CCCC1. The highest BCUT2D eigenvalue weighted by atomic mass is 32.1. The van der Waals surface area contributed by atoms with E-state index in [9.17, 15) is 4.79 Å². The molecule has 0 saturated heterocycles. The van der Waals surface area contributed by atoms with Gasteiger partial charge in [-0.3, -0.25) is 4.79 Å². The van der Waals surface area contributed by atoms with Crippen LogP contribution in [0.2, 0.25) is 0 Å². The van der Waals surface area contributed by atoms with Crippen LogP contribution in [0.25, 0.3) is 0 Å². The predicted molar refractivity (Wildman–Crippen MR) is 70.5 cm³/mol. The number of carbonyl (C=O) groups excluding carboxylic acids is 1. The second-order valence-electron chi connectivity index (χ2n) is 4.87. The largest absolute Gasteiger partial charge is 0.351 e. The Labute approximate surface area is 106 Å². The molecule has 4 heteroatoms. The summed E-state index contributed by atoms with van der Waals surface area (Å²) < 4.78 is 0. The van der Waals surface area contributed by atoms with Crippen LogP contribution in [-0.2, 0) is 0 Å². The topological polar surface area (TPSA) is 29.1 Å². The van der Waals surface area contributed by atoms with E-state index < -0.39 is 0 Å². The summed E-state index contributed by atoms with van der Waals surface area (Å²) in [6.07, 6.45) is 5.06. The summed E-state index contributed by atoms with van der Waals surface area (Å²) in [6, 6.07) is 1.82. The van der Waals surface area contributed by atoms with Gasteiger partial charge in [0.2, 0.25) is 0 Å². The number of thiophene rings is 1. The molecule has 1 saturated carbocycles. The Morgan fingerprint density at radius 2 is 2.25 bits per heavy atom. The molecule has 1 fully saturated rings. The quantitative estimate of drug-likeness (QED) is 0.797. The predicted octanol–water partition coefficient (Wildman–Crippen LogP) is 3.35. The molecule has 0 aromatic carbocycles. The number of nitrogens with one attached hydrogen (secondary N) is 1. The highest BCUT2D eigenvalue weighted by molar-refractivity contribution is 7.80. The summed E-state index contributed by atoms with van der Waals surface area (Å²) >= 11 is 5.65. The molecular weight excluding hydrogens is 238 g/mol. The molecule has 1 N–H and O–H groups in total. The monoisotopic (exact) mass is 255 g/mol. The lowest BCUT2D eigenvalue weighted by Gasteiger charge is -2.23. The van der Waals surface area contributed by atoms with Gasteiger partial charge in [0.05, 0.1) is 4.88 Å². The van der Waals surface area contributed by atoms with Crippen LogP contribution >= 0.6 is 24.0 Å². The minimum absolute atomic E-state index is 0.0402. The van der Waals surface area contributed by atoms with Gasteiger partial charge in [-0.25, -0.2) is 0 Å². The van der Waals surface area contributed by atoms with E-state index in [4.69, 9.17) is 0 Å². The van der Waals surface area contributed by atoms with E-state index in [1.54, 1.807) is 0 Å². The zero-order chi connectivity index (χ0) is 11.6. The summed E-state index contributed by atoms with van der Waals surface area (Å²) in [6.45, 7) is 3.06. The Bertz CT molecular complexity index is 380. The van der Waals surface area contributed by atoms with Crippen LogP contribution in [0.5, 0.6) is 0 Å². The Morgan fingerprint density at radius 1 is 1.56 bits per heavy atom.